The van der Waals surface area contributed by atoms with Gasteiger partial charge in [0.05, 0.1) is 0 Å². The molecule has 5 rings (SSSR count). The van der Waals surface area contributed by atoms with Crippen LogP contribution >= 0.6 is 23.1 Å². The Bertz CT molecular complexity index is 1420. The summed E-state index contributed by atoms with van der Waals surface area (Å²) in [5.41, 5.74) is 11.0. The first-order chi connectivity index (χ1) is 18.7. The van der Waals surface area contributed by atoms with Crippen molar-refractivity contribution in [2.24, 2.45) is 10.9 Å². The van der Waals surface area contributed by atoms with Gasteiger partial charge < -0.3 is 31.3 Å². The number of aromatic nitrogens is 2. The Morgan fingerprint density at radius 3 is 2.67 bits per heavy atom. The van der Waals surface area contributed by atoms with Crippen LogP contribution in [0.2, 0.25) is 0 Å². The lowest BCUT2D eigenvalue weighted by atomic mass is 10.0. The van der Waals surface area contributed by atoms with Crippen LogP contribution < -0.4 is 16.8 Å². The van der Waals surface area contributed by atoms with Crippen LogP contribution in [0, 0.1) is 0 Å². The van der Waals surface area contributed by atoms with Crippen molar-refractivity contribution in [2.45, 2.75) is 43.2 Å². The molecule has 1 saturated heterocycles. The van der Waals surface area contributed by atoms with Crippen LogP contribution in [0.4, 0.5) is 5.13 Å². The number of oxime groups is 1. The van der Waals surface area contributed by atoms with E-state index >= 15 is 0 Å². The molecule has 2 atom stereocenters. The molecule has 2 aromatic rings. The van der Waals surface area contributed by atoms with Crippen LogP contribution in [0.1, 0.15) is 47.6 Å². The molecule has 39 heavy (non-hydrogen) atoms. The number of nitrogens with two attached hydrogens (primary N) is 2. The number of allylic oxidation sites excluding steroid dienone is 1. The number of hydrogen-bond acceptors (Lipinski definition) is 12. The van der Waals surface area contributed by atoms with Crippen molar-refractivity contribution < 1.29 is 33.6 Å². The number of nitrogens with one attached hydrogen (secondary N) is 1. The smallest absolute Gasteiger partial charge is 0.352 e. The van der Waals surface area contributed by atoms with Gasteiger partial charge in [-0.25, -0.2) is 9.78 Å². The van der Waals surface area contributed by atoms with Gasteiger partial charge in [0.25, 0.3) is 17.7 Å². The summed E-state index contributed by atoms with van der Waals surface area (Å²) < 4.78 is 4.99. The second-order valence-electron chi connectivity index (χ2n) is 8.87. The van der Waals surface area contributed by atoms with Crippen molar-refractivity contribution in [3.63, 3.8) is 0 Å². The SMILES string of the molecule is NC(=O)c1cc(/C=C/C2=C(C(=O)O)N3C(=O)C(NC(=O)/C(=N\OC4CCCC4)c4csc(N)n4)C3SC2)on1. The maximum Gasteiger partial charge on any atom is 0.352 e. The standard InChI is InChI=1S/C23H23N7O7S2/c24-18(31)13-7-12(37-28-13)6-5-10-8-38-21-16(20(33)30(21)17(10)22(34)35)27-19(32)15(14-9-39-23(25)26-14)29-36-11-3-1-2-4-11/h5-7,9,11,16,21H,1-4,8H2,(H2,24,31)(H2,25,26)(H,27,32)(H,34,35)/b6-5+,29-15-. The Morgan fingerprint density at radius 2 is 2.03 bits per heavy atom. The summed E-state index contributed by atoms with van der Waals surface area (Å²) >= 11 is 2.41. The summed E-state index contributed by atoms with van der Waals surface area (Å²) in [6, 6.07) is 0.326. The number of fused-ring (bicyclic) bond motifs is 1. The fourth-order valence-corrected chi connectivity index (χ4v) is 6.24. The molecule has 4 heterocycles. The molecule has 2 aliphatic heterocycles. The van der Waals surface area contributed by atoms with E-state index in [1.807, 2.05) is 0 Å². The molecule has 1 saturated carbocycles. The molecule has 0 radical (unpaired) electrons. The number of β-lactam (4-membered cyclic amide) rings is 1. The van der Waals surface area contributed by atoms with Gasteiger partial charge in [-0.15, -0.1) is 23.1 Å². The number of nitrogens with zero attached hydrogens (tertiary/aromatic N) is 4. The lowest BCUT2D eigenvalue weighted by molar-refractivity contribution is -0.150. The highest BCUT2D eigenvalue weighted by molar-refractivity contribution is 8.00. The van der Waals surface area contributed by atoms with Gasteiger partial charge in [-0.05, 0) is 37.3 Å². The summed E-state index contributed by atoms with van der Waals surface area (Å²) in [4.78, 5) is 60.4. The molecule has 0 aromatic carbocycles. The zero-order valence-electron chi connectivity index (χ0n) is 20.2. The lowest BCUT2D eigenvalue weighted by Gasteiger charge is -2.49. The largest absolute Gasteiger partial charge is 0.477 e. The molecule has 0 spiro atoms. The maximum absolute atomic E-state index is 13.2. The number of aliphatic carboxylic acids is 1. The monoisotopic (exact) mass is 573 g/mol. The van der Waals surface area contributed by atoms with Crippen molar-refractivity contribution in [1.82, 2.24) is 20.4 Å². The highest BCUT2D eigenvalue weighted by Gasteiger charge is 2.54. The summed E-state index contributed by atoms with van der Waals surface area (Å²) in [7, 11) is 0. The highest BCUT2D eigenvalue weighted by atomic mass is 32.2. The Labute approximate surface area is 229 Å². The molecule has 1 aliphatic carbocycles. The van der Waals surface area contributed by atoms with E-state index in [2.05, 4.69) is 20.6 Å². The minimum absolute atomic E-state index is 0.0754. The van der Waals surface area contributed by atoms with Gasteiger partial charge >= 0.3 is 5.97 Å². The van der Waals surface area contributed by atoms with E-state index in [1.54, 1.807) is 5.38 Å². The third-order valence-electron chi connectivity index (χ3n) is 6.29. The molecular formula is C23H23N7O7S2. The molecule has 3 amide bonds. The second kappa shape index (κ2) is 10.9. The van der Waals surface area contributed by atoms with Gasteiger partial charge in [-0.3, -0.25) is 19.3 Å². The van der Waals surface area contributed by atoms with Gasteiger partial charge in [-0.2, -0.15) is 0 Å². The van der Waals surface area contributed by atoms with E-state index in [9.17, 15) is 24.3 Å². The molecule has 3 aliphatic rings. The van der Waals surface area contributed by atoms with Gasteiger partial charge in [0, 0.05) is 17.2 Å². The van der Waals surface area contributed by atoms with Crippen LogP contribution in [0.25, 0.3) is 6.08 Å². The van der Waals surface area contributed by atoms with Gasteiger partial charge in [0.2, 0.25) is 0 Å². The third kappa shape index (κ3) is 5.37. The number of carboxylic acids is 1. The number of carbonyl (C=O) groups excluding carboxylic acids is 3. The zero-order chi connectivity index (χ0) is 27.7. The zero-order valence-corrected chi connectivity index (χ0v) is 21.9. The quantitative estimate of drug-likeness (QED) is 0.188. The number of nitrogen functional groups attached to an aromatic ring is 1. The van der Waals surface area contributed by atoms with E-state index in [0.717, 1.165) is 41.9 Å². The molecule has 6 N–H and O–H groups in total. The average Bonchev–Trinajstić information content (AvgIpc) is 3.68. The first-order valence-electron chi connectivity index (χ1n) is 11.8. The van der Waals surface area contributed by atoms with E-state index in [1.165, 1.54) is 30.0 Å². The Morgan fingerprint density at radius 1 is 1.26 bits per heavy atom. The maximum atomic E-state index is 13.2. The van der Waals surface area contributed by atoms with Gasteiger partial charge in [-0.1, -0.05) is 16.4 Å². The Kier molecular flexibility index (Phi) is 7.38. The van der Waals surface area contributed by atoms with Crippen molar-refractivity contribution in [2.75, 3.05) is 11.5 Å². The Hall–Kier alpha value is -4.18. The van der Waals surface area contributed by atoms with Gasteiger partial charge in [0.1, 0.15) is 28.9 Å². The van der Waals surface area contributed by atoms with Gasteiger partial charge in [0.15, 0.2) is 22.3 Å². The number of anilines is 1. The summed E-state index contributed by atoms with van der Waals surface area (Å²) in [6.07, 6.45) is 6.48. The number of carbonyl (C=O) groups is 4. The topological polar surface area (TPSA) is 216 Å². The lowest BCUT2D eigenvalue weighted by Crippen LogP contribution is -2.71. The molecule has 2 unspecified atom stereocenters. The van der Waals surface area contributed by atoms with Crippen LogP contribution in [-0.4, -0.2) is 72.8 Å². The van der Waals surface area contributed by atoms with Crippen LogP contribution in [0.5, 0.6) is 0 Å². The number of rotatable bonds is 9. The molecule has 2 aromatic heterocycles. The summed E-state index contributed by atoms with van der Waals surface area (Å²) in [6.45, 7) is 0. The minimum Gasteiger partial charge on any atom is -0.477 e. The molecule has 0 bridgehead atoms. The summed E-state index contributed by atoms with van der Waals surface area (Å²) in [5.74, 6) is -2.94. The summed E-state index contributed by atoms with van der Waals surface area (Å²) in [5, 5.41) is 21.3. The fraction of sp³-hybridized carbons (Fsp3) is 0.348. The van der Waals surface area contributed by atoms with Crippen molar-refractivity contribution in [3.8, 4) is 0 Å². The Balaban J connectivity index is 1.32. The van der Waals surface area contributed by atoms with E-state index < -0.39 is 35.1 Å². The second-order valence-corrected chi connectivity index (χ2v) is 10.9. The molecule has 14 nitrogen and oxygen atoms in total. The molecular weight excluding hydrogens is 550 g/mol. The van der Waals surface area contributed by atoms with Crippen molar-refractivity contribution >= 4 is 63.7 Å². The van der Waals surface area contributed by atoms with E-state index in [-0.39, 0.29) is 45.5 Å². The van der Waals surface area contributed by atoms with Crippen molar-refractivity contribution in [3.05, 3.63) is 45.9 Å². The first kappa shape index (κ1) is 26.4. The van der Waals surface area contributed by atoms with Crippen LogP contribution in [-0.2, 0) is 19.2 Å². The molecule has 204 valence electrons. The van der Waals surface area contributed by atoms with E-state index in [0.29, 0.717) is 5.57 Å². The number of thioether (sulfide) groups is 1. The third-order valence-corrected chi connectivity index (χ3v) is 8.27. The van der Waals surface area contributed by atoms with Crippen LogP contribution in [0.15, 0.2) is 38.5 Å². The predicted molar refractivity (Wildman–Crippen MR) is 140 cm³/mol. The average molecular weight is 574 g/mol. The minimum atomic E-state index is -1.31. The highest BCUT2D eigenvalue weighted by Crippen LogP contribution is 2.41. The number of hydrogen-bond donors (Lipinski definition) is 4. The molecule has 16 heteroatoms. The number of carboxylic acid groups (broad SMARTS) is 1. The number of amides is 3. The molecule has 2 fully saturated rings. The number of thiazole rings is 1. The fourth-order valence-electron chi connectivity index (χ4n) is 4.37. The normalized spacial score (nSPS) is 21.7. The number of primary amides is 1. The van der Waals surface area contributed by atoms with Crippen LogP contribution in [0.3, 0.4) is 0 Å². The van der Waals surface area contributed by atoms with E-state index in [4.69, 9.17) is 20.8 Å². The predicted octanol–water partition coefficient (Wildman–Crippen LogP) is 0.927. The van der Waals surface area contributed by atoms with Crippen molar-refractivity contribution in [1.29, 1.82) is 0 Å². The first-order valence-corrected chi connectivity index (χ1v) is 13.8.